The molecule has 0 aromatic carbocycles. The number of amides is 1. The lowest BCUT2D eigenvalue weighted by molar-refractivity contribution is -0.0229. The molecular weight excluding hydrogens is 290 g/mol. The molecule has 3 rings (SSSR count). The lowest BCUT2D eigenvalue weighted by Gasteiger charge is -2.32. The zero-order chi connectivity index (χ0) is 14.8. The molecule has 2 aromatic heterocycles. The number of ether oxygens (including phenoxy) is 1. The lowest BCUT2D eigenvalue weighted by atomic mass is 10.1. The van der Waals surface area contributed by atoms with Crippen molar-refractivity contribution >= 4 is 17.2 Å². The van der Waals surface area contributed by atoms with Crippen molar-refractivity contribution in [2.75, 3.05) is 19.7 Å². The van der Waals surface area contributed by atoms with Crippen molar-refractivity contribution in [2.24, 2.45) is 0 Å². The van der Waals surface area contributed by atoms with E-state index in [1.54, 1.807) is 29.4 Å². The first-order valence-corrected chi connectivity index (χ1v) is 7.84. The van der Waals surface area contributed by atoms with Crippen LogP contribution in [0.15, 0.2) is 16.1 Å². The van der Waals surface area contributed by atoms with Crippen molar-refractivity contribution in [1.82, 2.24) is 15.0 Å². The zero-order valence-corrected chi connectivity index (χ0v) is 12.9. The second-order valence-electron chi connectivity index (χ2n) is 4.89. The van der Waals surface area contributed by atoms with Gasteiger partial charge in [0.2, 0.25) is 0 Å². The Bertz CT molecular complexity index is 623. The number of hydrogen-bond donors (Lipinski definition) is 0. The Hall–Kier alpha value is -1.73. The van der Waals surface area contributed by atoms with E-state index in [1.165, 1.54) is 0 Å². The van der Waals surface area contributed by atoms with Gasteiger partial charge in [-0.1, -0.05) is 12.1 Å². The summed E-state index contributed by atoms with van der Waals surface area (Å²) in [4.78, 5) is 18.8. The van der Waals surface area contributed by atoms with Crippen LogP contribution >= 0.6 is 11.3 Å². The molecule has 1 aliphatic heterocycles. The number of carbonyl (C=O) groups excluding carboxylic acids is 1. The van der Waals surface area contributed by atoms with Crippen LogP contribution in [0.5, 0.6) is 0 Å². The van der Waals surface area contributed by atoms with Gasteiger partial charge in [0, 0.05) is 18.1 Å². The summed E-state index contributed by atoms with van der Waals surface area (Å²) in [5.41, 5.74) is 1.31. The lowest BCUT2D eigenvalue weighted by Crippen LogP contribution is -2.42. The molecule has 21 heavy (non-hydrogen) atoms. The largest absolute Gasteiger partial charge is 0.367 e. The summed E-state index contributed by atoms with van der Waals surface area (Å²) in [6.45, 7) is 5.35. The third-order valence-corrected chi connectivity index (χ3v) is 4.43. The highest BCUT2D eigenvalue weighted by molar-refractivity contribution is 7.09. The van der Waals surface area contributed by atoms with Crippen molar-refractivity contribution < 1.29 is 14.1 Å². The van der Waals surface area contributed by atoms with Crippen LogP contribution in [0, 0.1) is 6.92 Å². The maximum absolute atomic E-state index is 12.7. The molecule has 0 bridgehead atoms. The van der Waals surface area contributed by atoms with Gasteiger partial charge < -0.3 is 14.2 Å². The average molecular weight is 307 g/mol. The highest BCUT2D eigenvalue weighted by Gasteiger charge is 2.30. The van der Waals surface area contributed by atoms with E-state index in [-0.39, 0.29) is 12.0 Å². The third-order valence-electron chi connectivity index (χ3n) is 3.56. The zero-order valence-electron chi connectivity index (χ0n) is 12.0. The van der Waals surface area contributed by atoms with E-state index in [1.807, 2.05) is 12.3 Å². The van der Waals surface area contributed by atoms with Crippen molar-refractivity contribution in [3.05, 3.63) is 33.6 Å². The van der Waals surface area contributed by atoms with Crippen molar-refractivity contribution in [1.29, 1.82) is 0 Å². The Kier molecular flexibility index (Phi) is 4.03. The molecular formula is C14H17N3O3S. The molecule has 1 amide bonds. The van der Waals surface area contributed by atoms with Gasteiger partial charge in [-0.2, -0.15) is 0 Å². The van der Waals surface area contributed by atoms with E-state index < -0.39 is 0 Å². The molecule has 1 saturated heterocycles. The predicted molar refractivity (Wildman–Crippen MR) is 77.3 cm³/mol. The van der Waals surface area contributed by atoms with E-state index in [0.29, 0.717) is 37.4 Å². The van der Waals surface area contributed by atoms with Crippen LogP contribution in [0.2, 0.25) is 0 Å². The summed E-state index contributed by atoms with van der Waals surface area (Å²) >= 11 is 1.55. The summed E-state index contributed by atoms with van der Waals surface area (Å²) in [5, 5.41) is 6.78. The second-order valence-corrected chi connectivity index (χ2v) is 5.82. The molecule has 0 aliphatic carbocycles. The first-order valence-electron chi connectivity index (χ1n) is 6.96. The Morgan fingerprint density at radius 2 is 2.43 bits per heavy atom. The molecule has 3 heterocycles. The summed E-state index contributed by atoms with van der Waals surface area (Å²) in [5.74, 6) is 0.546. The Morgan fingerprint density at radius 1 is 1.57 bits per heavy atom. The van der Waals surface area contributed by atoms with Gasteiger partial charge >= 0.3 is 0 Å². The fourth-order valence-electron chi connectivity index (χ4n) is 2.47. The summed E-state index contributed by atoms with van der Waals surface area (Å²) in [6, 6.07) is 0. The Morgan fingerprint density at radius 3 is 3.14 bits per heavy atom. The molecule has 1 aliphatic rings. The molecule has 6 nitrogen and oxygen atoms in total. The van der Waals surface area contributed by atoms with E-state index in [4.69, 9.17) is 9.26 Å². The number of thiazole rings is 1. The van der Waals surface area contributed by atoms with Gasteiger partial charge in [0.05, 0.1) is 18.8 Å². The molecule has 0 radical (unpaired) electrons. The maximum atomic E-state index is 12.7. The molecule has 1 atom stereocenters. The molecule has 2 aromatic rings. The van der Waals surface area contributed by atoms with Crippen molar-refractivity contribution in [2.45, 2.75) is 26.4 Å². The van der Waals surface area contributed by atoms with E-state index >= 15 is 0 Å². The number of carbonyl (C=O) groups is 1. The Labute approximate surface area is 126 Å². The van der Waals surface area contributed by atoms with E-state index in [2.05, 4.69) is 10.1 Å². The first kappa shape index (κ1) is 14.2. The van der Waals surface area contributed by atoms with Crippen LogP contribution < -0.4 is 0 Å². The summed E-state index contributed by atoms with van der Waals surface area (Å²) in [7, 11) is 0. The second kappa shape index (κ2) is 5.95. The highest BCUT2D eigenvalue weighted by atomic mass is 32.1. The van der Waals surface area contributed by atoms with Crippen LogP contribution in [0.3, 0.4) is 0 Å². The van der Waals surface area contributed by atoms with Crippen LogP contribution in [-0.2, 0) is 11.2 Å². The third kappa shape index (κ3) is 2.71. The van der Waals surface area contributed by atoms with Gasteiger partial charge in [-0.05, 0) is 13.3 Å². The van der Waals surface area contributed by atoms with Crippen molar-refractivity contribution in [3.63, 3.8) is 0 Å². The molecule has 7 heteroatoms. The molecule has 0 N–H and O–H groups in total. The van der Waals surface area contributed by atoms with Gasteiger partial charge in [-0.25, -0.2) is 4.98 Å². The van der Waals surface area contributed by atoms with Crippen molar-refractivity contribution in [3.8, 4) is 0 Å². The topological polar surface area (TPSA) is 68.5 Å². The van der Waals surface area contributed by atoms with Crippen LogP contribution in [-0.4, -0.2) is 40.6 Å². The number of hydrogen-bond acceptors (Lipinski definition) is 6. The first-order chi connectivity index (χ1) is 10.2. The fourth-order valence-corrected chi connectivity index (χ4v) is 3.15. The van der Waals surface area contributed by atoms with Gasteiger partial charge in [0.15, 0.2) is 0 Å². The summed E-state index contributed by atoms with van der Waals surface area (Å²) < 4.78 is 10.9. The fraction of sp³-hybridized carbons (Fsp3) is 0.500. The van der Waals surface area contributed by atoms with Crippen LogP contribution in [0.1, 0.15) is 39.8 Å². The summed E-state index contributed by atoms with van der Waals surface area (Å²) in [6.07, 6.45) is 2.29. The normalized spacial score (nSPS) is 19.0. The monoisotopic (exact) mass is 307 g/mol. The van der Waals surface area contributed by atoms with Gasteiger partial charge in [0.1, 0.15) is 22.4 Å². The maximum Gasteiger partial charge on any atom is 0.259 e. The quantitative estimate of drug-likeness (QED) is 0.869. The number of aromatic nitrogens is 2. The number of aryl methyl sites for hydroxylation is 2. The SMILES string of the molecule is CCc1noc(C)c1C(=O)N1CCOC(c2nccs2)C1. The molecule has 1 fully saturated rings. The van der Waals surface area contributed by atoms with Crippen LogP contribution in [0.25, 0.3) is 0 Å². The average Bonchev–Trinajstić information content (AvgIpc) is 3.16. The minimum atomic E-state index is -0.145. The highest BCUT2D eigenvalue weighted by Crippen LogP contribution is 2.26. The molecule has 0 saturated carbocycles. The number of morpholine rings is 1. The Balaban J connectivity index is 1.80. The molecule has 1 unspecified atom stereocenters. The van der Waals surface area contributed by atoms with Gasteiger partial charge in [-0.15, -0.1) is 11.3 Å². The standard InChI is InChI=1S/C14H17N3O3S/c1-3-10-12(9(2)20-16-10)14(18)17-5-6-19-11(8-17)13-15-4-7-21-13/h4,7,11H,3,5-6,8H2,1-2H3. The minimum Gasteiger partial charge on any atom is -0.367 e. The van der Waals surface area contributed by atoms with Crippen LogP contribution in [0.4, 0.5) is 0 Å². The van der Waals surface area contributed by atoms with Gasteiger partial charge in [0.25, 0.3) is 5.91 Å². The number of rotatable bonds is 3. The molecule has 0 spiro atoms. The van der Waals surface area contributed by atoms with E-state index in [0.717, 1.165) is 10.7 Å². The predicted octanol–water partition coefficient (Wildman–Crippen LogP) is 2.22. The van der Waals surface area contributed by atoms with Gasteiger partial charge in [-0.3, -0.25) is 4.79 Å². The number of nitrogens with zero attached hydrogens (tertiary/aromatic N) is 3. The molecule has 112 valence electrons. The smallest absolute Gasteiger partial charge is 0.259 e. The minimum absolute atomic E-state index is 0.0320. The van der Waals surface area contributed by atoms with E-state index in [9.17, 15) is 4.79 Å².